The van der Waals surface area contributed by atoms with Crippen LogP contribution in [0.25, 0.3) is 11.3 Å². The minimum absolute atomic E-state index is 0.0993. The second-order valence-corrected chi connectivity index (χ2v) is 5.77. The Labute approximate surface area is 138 Å². The van der Waals surface area contributed by atoms with Crippen LogP contribution in [-0.4, -0.2) is 37.1 Å². The van der Waals surface area contributed by atoms with E-state index < -0.39 is 0 Å². The molecule has 3 rings (SSSR count). The van der Waals surface area contributed by atoms with Gasteiger partial charge >= 0.3 is 0 Å². The average molecular weight is 326 g/mol. The zero-order valence-electron chi connectivity index (χ0n) is 13.5. The highest BCUT2D eigenvalue weighted by Crippen LogP contribution is 2.19. The first-order valence-electron chi connectivity index (χ1n) is 7.65. The lowest BCUT2D eigenvalue weighted by Gasteiger charge is -2.21. The lowest BCUT2D eigenvalue weighted by Crippen LogP contribution is -2.41. The molecule has 24 heavy (non-hydrogen) atoms. The Morgan fingerprint density at radius 1 is 1.38 bits per heavy atom. The number of carbonyl (C=O) groups excluding carboxylic acids is 1. The summed E-state index contributed by atoms with van der Waals surface area (Å²) in [7, 11) is 0. The summed E-state index contributed by atoms with van der Waals surface area (Å²) in [5.41, 5.74) is 1.00. The van der Waals surface area contributed by atoms with Gasteiger partial charge in [-0.1, -0.05) is 24.2 Å². The topological polar surface area (TPSA) is 98.7 Å². The van der Waals surface area contributed by atoms with Gasteiger partial charge in [-0.15, -0.1) is 5.10 Å². The van der Waals surface area contributed by atoms with Gasteiger partial charge in [0, 0.05) is 30.2 Å². The third-order valence-corrected chi connectivity index (χ3v) is 3.67. The maximum atomic E-state index is 12.4. The summed E-state index contributed by atoms with van der Waals surface area (Å²) in [4.78, 5) is 16.5. The molecule has 8 heteroatoms. The van der Waals surface area contributed by atoms with Crippen LogP contribution < -0.4 is 5.32 Å². The molecule has 0 fully saturated rings. The molecular weight excluding hydrogens is 308 g/mol. The highest BCUT2D eigenvalue weighted by molar-refractivity contribution is 5.93. The number of hydrogen-bond donors (Lipinski definition) is 1. The molecule has 1 atom stereocenters. The van der Waals surface area contributed by atoms with Crippen molar-refractivity contribution in [1.29, 1.82) is 0 Å². The van der Waals surface area contributed by atoms with Gasteiger partial charge in [0.2, 0.25) is 0 Å². The van der Waals surface area contributed by atoms with Gasteiger partial charge < -0.3 is 9.84 Å². The Hall–Kier alpha value is -3.03. The summed E-state index contributed by atoms with van der Waals surface area (Å²) in [5.74, 6) is 0.446. The Morgan fingerprint density at radius 2 is 2.25 bits per heavy atom. The van der Waals surface area contributed by atoms with E-state index in [1.54, 1.807) is 41.6 Å². The molecule has 0 aliphatic carbocycles. The van der Waals surface area contributed by atoms with Crippen LogP contribution in [-0.2, 0) is 6.54 Å². The number of nitrogens with zero attached hydrogens (tertiary/aromatic N) is 5. The van der Waals surface area contributed by atoms with Gasteiger partial charge in [-0.05, 0) is 18.1 Å². The van der Waals surface area contributed by atoms with Crippen molar-refractivity contribution < 1.29 is 9.32 Å². The molecule has 1 N–H and O–H groups in total. The fraction of sp³-hybridized carbons (Fsp3) is 0.312. The van der Waals surface area contributed by atoms with Crippen LogP contribution in [0.4, 0.5) is 0 Å². The van der Waals surface area contributed by atoms with E-state index in [9.17, 15) is 4.79 Å². The van der Waals surface area contributed by atoms with Gasteiger partial charge in [0.1, 0.15) is 0 Å². The summed E-state index contributed by atoms with van der Waals surface area (Å²) >= 11 is 0. The highest BCUT2D eigenvalue weighted by atomic mass is 16.5. The molecule has 0 bridgehead atoms. The molecule has 0 saturated carbocycles. The second-order valence-electron chi connectivity index (χ2n) is 5.77. The van der Waals surface area contributed by atoms with Gasteiger partial charge in [0.15, 0.2) is 11.5 Å². The molecule has 0 saturated heterocycles. The van der Waals surface area contributed by atoms with Crippen molar-refractivity contribution in [1.82, 2.24) is 30.5 Å². The van der Waals surface area contributed by atoms with Crippen molar-refractivity contribution in [3.63, 3.8) is 0 Å². The fourth-order valence-electron chi connectivity index (χ4n) is 2.22. The molecule has 3 heterocycles. The van der Waals surface area contributed by atoms with E-state index in [0.29, 0.717) is 12.3 Å². The van der Waals surface area contributed by atoms with Crippen LogP contribution in [0, 0.1) is 5.92 Å². The SMILES string of the molecule is CC(C)C(Cn1ccnn1)NC(=O)c1cc(-c2cccnc2)on1. The maximum absolute atomic E-state index is 12.4. The van der Waals surface area contributed by atoms with Crippen LogP contribution in [0.15, 0.2) is 47.5 Å². The smallest absolute Gasteiger partial charge is 0.273 e. The zero-order chi connectivity index (χ0) is 16.9. The first kappa shape index (κ1) is 15.9. The predicted molar refractivity (Wildman–Crippen MR) is 85.8 cm³/mol. The largest absolute Gasteiger partial charge is 0.355 e. The second kappa shape index (κ2) is 7.03. The van der Waals surface area contributed by atoms with Crippen LogP contribution in [0.2, 0.25) is 0 Å². The van der Waals surface area contributed by atoms with Gasteiger partial charge in [-0.3, -0.25) is 14.5 Å². The molecular formula is C16H18N6O2. The molecule has 0 spiro atoms. The average Bonchev–Trinajstić information content (AvgIpc) is 3.26. The summed E-state index contributed by atoms with van der Waals surface area (Å²) in [6.45, 7) is 4.61. The van der Waals surface area contributed by atoms with Crippen molar-refractivity contribution in [2.45, 2.75) is 26.4 Å². The van der Waals surface area contributed by atoms with Gasteiger partial charge in [-0.2, -0.15) is 0 Å². The molecule has 0 aliphatic heterocycles. The number of pyridine rings is 1. The molecule has 0 aliphatic rings. The number of hydrogen-bond acceptors (Lipinski definition) is 6. The number of carbonyl (C=O) groups is 1. The summed E-state index contributed by atoms with van der Waals surface area (Å²) in [5, 5.41) is 14.5. The first-order chi connectivity index (χ1) is 11.6. The summed E-state index contributed by atoms with van der Waals surface area (Å²) < 4.78 is 6.93. The Morgan fingerprint density at radius 3 is 2.92 bits per heavy atom. The lowest BCUT2D eigenvalue weighted by atomic mass is 10.0. The van der Waals surface area contributed by atoms with Crippen molar-refractivity contribution in [3.8, 4) is 11.3 Å². The molecule has 1 amide bonds. The van der Waals surface area contributed by atoms with Crippen LogP contribution in [0.3, 0.4) is 0 Å². The van der Waals surface area contributed by atoms with Gasteiger partial charge in [0.25, 0.3) is 5.91 Å². The van der Waals surface area contributed by atoms with Gasteiger partial charge in [-0.25, -0.2) is 0 Å². The minimum atomic E-state index is -0.285. The normalized spacial score (nSPS) is 12.3. The summed E-state index contributed by atoms with van der Waals surface area (Å²) in [6.07, 6.45) is 6.70. The van der Waals surface area contributed by atoms with E-state index in [2.05, 4.69) is 25.8 Å². The van der Waals surface area contributed by atoms with E-state index in [-0.39, 0.29) is 23.6 Å². The van der Waals surface area contributed by atoms with Crippen LogP contribution in [0.1, 0.15) is 24.3 Å². The fourth-order valence-corrected chi connectivity index (χ4v) is 2.22. The van der Waals surface area contributed by atoms with E-state index in [1.807, 2.05) is 19.9 Å². The molecule has 124 valence electrons. The van der Waals surface area contributed by atoms with Crippen LogP contribution in [0.5, 0.6) is 0 Å². The standard InChI is InChI=1S/C16H18N6O2/c1-11(2)14(10-22-7-6-18-21-22)19-16(23)13-8-15(24-20-13)12-4-3-5-17-9-12/h3-9,11,14H,10H2,1-2H3,(H,19,23). The Bertz CT molecular complexity index is 782. The molecule has 0 radical (unpaired) electrons. The number of nitrogens with one attached hydrogen (secondary N) is 1. The third kappa shape index (κ3) is 3.65. The number of amides is 1. The number of aromatic nitrogens is 5. The monoisotopic (exact) mass is 326 g/mol. The lowest BCUT2D eigenvalue weighted by molar-refractivity contribution is 0.0910. The first-order valence-corrected chi connectivity index (χ1v) is 7.65. The van der Waals surface area contributed by atoms with Crippen molar-refractivity contribution in [2.24, 2.45) is 5.92 Å². The quantitative estimate of drug-likeness (QED) is 0.741. The van der Waals surface area contributed by atoms with E-state index >= 15 is 0 Å². The molecule has 0 aromatic carbocycles. The molecule has 1 unspecified atom stereocenters. The Balaban J connectivity index is 1.70. The number of rotatable bonds is 6. The molecule has 3 aromatic heterocycles. The minimum Gasteiger partial charge on any atom is -0.355 e. The molecule has 3 aromatic rings. The van der Waals surface area contributed by atoms with Crippen molar-refractivity contribution >= 4 is 5.91 Å². The van der Waals surface area contributed by atoms with Crippen molar-refractivity contribution in [2.75, 3.05) is 0 Å². The summed E-state index contributed by atoms with van der Waals surface area (Å²) in [6, 6.07) is 5.15. The highest BCUT2D eigenvalue weighted by Gasteiger charge is 2.21. The van der Waals surface area contributed by atoms with E-state index in [1.165, 1.54) is 0 Å². The Kier molecular flexibility index (Phi) is 4.64. The predicted octanol–water partition coefficient (Wildman–Crippen LogP) is 1.78. The van der Waals surface area contributed by atoms with Crippen molar-refractivity contribution in [3.05, 3.63) is 48.7 Å². The van der Waals surface area contributed by atoms with E-state index in [4.69, 9.17) is 4.52 Å². The third-order valence-electron chi connectivity index (χ3n) is 3.67. The van der Waals surface area contributed by atoms with Gasteiger partial charge in [0.05, 0.1) is 18.8 Å². The maximum Gasteiger partial charge on any atom is 0.273 e. The van der Waals surface area contributed by atoms with E-state index in [0.717, 1.165) is 5.56 Å². The molecule has 8 nitrogen and oxygen atoms in total. The zero-order valence-corrected chi connectivity index (χ0v) is 13.5. The van der Waals surface area contributed by atoms with Crippen LogP contribution >= 0.6 is 0 Å².